The maximum absolute atomic E-state index is 5.15. The van der Waals surface area contributed by atoms with E-state index >= 15 is 0 Å². The van der Waals surface area contributed by atoms with Gasteiger partial charge in [-0.3, -0.25) is 0 Å². The summed E-state index contributed by atoms with van der Waals surface area (Å²) >= 11 is 0. The van der Waals surface area contributed by atoms with E-state index in [1.165, 1.54) is 89.0 Å². The monoisotopic (exact) mass is 1330 g/mol. The van der Waals surface area contributed by atoms with Gasteiger partial charge >= 0.3 is 21.1 Å². The average Bonchev–Trinajstić information content (AvgIpc) is 0.650. The zero-order valence-electron chi connectivity index (χ0n) is 50.2. The molecule has 14 rings (SSSR count). The van der Waals surface area contributed by atoms with Crippen LogP contribution in [0.2, 0.25) is 58.9 Å². The SMILES string of the molecule is C[Si](C)(C)Cc1ccnc(-c2[c-]c(C3(c4[c-]c(-c5cc(C[Si](C)(C)C)ccn5)ccc4)c4cccc5c4N4c6c3cccc6C(c3ccccc3)(c3ccccc3)c3cc([Si](C)(C)C)cc(c34)C5(c3ccccc3)c3ccccc3)ccc2)c1.[Pt+2]. The van der Waals surface area contributed by atoms with Crippen molar-refractivity contribution in [1.82, 2.24) is 9.97 Å². The minimum atomic E-state index is -2.09. The van der Waals surface area contributed by atoms with Crippen LogP contribution in [0.25, 0.3) is 22.5 Å². The van der Waals surface area contributed by atoms with Crippen molar-refractivity contribution in [2.45, 2.75) is 87.3 Å². The first-order valence-electron chi connectivity index (χ1n) is 30.0. The van der Waals surface area contributed by atoms with Gasteiger partial charge in [-0.25, -0.2) is 0 Å². The molecule has 85 heavy (non-hydrogen) atoms. The molecular formula is C78H71N3PtSi3. The summed E-state index contributed by atoms with van der Waals surface area (Å²) in [6.07, 6.45) is 4.01. The Hall–Kier alpha value is -7.58. The number of hydrogen-bond donors (Lipinski definition) is 0. The number of rotatable bonds is 13. The predicted octanol–water partition coefficient (Wildman–Crippen LogP) is 18.4. The van der Waals surface area contributed by atoms with Gasteiger partial charge in [0.15, 0.2) is 0 Å². The molecule has 0 bridgehead atoms. The summed E-state index contributed by atoms with van der Waals surface area (Å²) in [5.41, 5.74) is 22.0. The van der Waals surface area contributed by atoms with Crippen molar-refractivity contribution >= 4 is 46.5 Å². The molecule has 0 atom stereocenters. The topological polar surface area (TPSA) is 29.0 Å². The van der Waals surface area contributed by atoms with Gasteiger partial charge in [0, 0.05) is 34.0 Å². The predicted molar refractivity (Wildman–Crippen MR) is 358 cm³/mol. The molecule has 3 aliphatic heterocycles. The molecule has 0 unspecified atom stereocenters. The molecule has 0 fully saturated rings. The van der Waals surface area contributed by atoms with Crippen molar-refractivity contribution in [3.8, 4) is 22.5 Å². The molecule has 0 aliphatic carbocycles. The molecule has 5 heterocycles. The van der Waals surface area contributed by atoms with E-state index in [4.69, 9.17) is 9.97 Å². The van der Waals surface area contributed by atoms with Crippen molar-refractivity contribution in [2.75, 3.05) is 4.90 Å². The fourth-order valence-corrected chi connectivity index (χ4v) is 18.9. The Morgan fingerprint density at radius 1 is 0.353 bits per heavy atom. The molecule has 0 N–H and O–H groups in total. The van der Waals surface area contributed by atoms with Crippen molar-refractivity contribution < 1.29 is 21.1 Å². The number of para-hydroxylation sites is 2. The molecular weight excluding hydrogens is 1260 g/mol. The Kier molecular flexibility index (Phi) is 14.1. The first kappa shape index (κ1) is 56.5. The maximum atomic E-state index is 5.15. The zero-order chi connectivity index (χ0) is 57.8. The Labute approximate surface area is 521 Å². The molecule has 0 spiro atoms. The smallest absolute Gasteiger partial charge is 0.308 e. The summed E-state index contributed by atoms with van der Waals surface area (Å²) < 4.78 is 0. The van der Waals surface area contributed by atoms with Crippen LogP contribution in [0.4, 0.5) is 17.1 Å². The Bertz CT molecular complexity index is 3990. The molecule has 9 aromatic carbocycles. The fourth-order valence-electron chi connectivity index (χ4n) is 14.8. The molecule has 2 aromatic heterocycles. The van der Waals surface area contributed by atoms with Gasteiger partial charge in [0.2, 0.25) is 0 Å². The number of nitrogens with zero attached hydrogens (tertiary/aromatic N) is 3. The van der Waals surface area contributed by atoms with Gasteiger partial charge < -0.3 is 14.9 Å². The fraction of sp³-hybridized carbons (Fsp3) is 0.179. The molecule has 0 radical (unpaired) electrons. The van der Waals surface area contributed by atoms with Crippen LogP contribution in [0.3, 0.4) is 0 Å². The standard InChI is InChI=1S/C78H71N3Si3.Pt/c1-82(2,3)52-54-42-44-79-71(46-54)56-26-22-36-62(48-56)78(63-37-23-27-57(49-63)72-47-55(43-45-80-72)53-83(4,5)6)67-40-24-38-65-73(67)81-74-66(39-25-41-68(74)78)77(60-32-18-12-19-33-60,61-34-20-13-21-35-61)70-51-64(84(7,8)9)50-69(75(70)81)76(65,58-28-14-10-15-29-58)59-30-16-11-17-31-59;/h10-47,50-51H,52-53H2,1-9H3;/q-2;+2. The van der Waals surface area contributed by atoms with E-state index in [0.29, 0.717) is 0 Å². The van der Waals surface area contributed by atoms with Crippen LogP contribution in [0, 0.1) is 12.1 Å². The second kappa shape index (κ2) is 21.1. The third-order valence-corrected chi connectivity index (χ3v) is 23.0. The molecule has 7 heteroatoms. The third-order valence-electron chi connectivity index (χ3n) is 18.0. The molecule has 0 saturated heterocycles. The van der Waals surface area contributed by atoms with E-state index in [1.54, 1.807) is 0 Å². The van der Waals surface area contributed by atoms with Crippen LogP contribution in [-0.4, -0.2) is 34.2 Å². The minimum absolute atomic E-state index is 0. The van der Waals surface area contributed by atoms with Crippen molar-refractivity contribution in [1.29, 1.82) is 0 Å². The van der Waals surface area contributed by atoms with Crippen molar-refractivity contribution in [3.63, 3.8) is 0 Å². The van der Waals surface area contributed by atoms with E-state index in [-0.39, 0.29) is 21.1 Å². The summed E-state index contributed by atoms with van der Waals surface area (Å²) in [4.78, 5) is 13.1. The second-order valence-corrected chi connectivity index (χ2v) is 43.2. The molecule has 3 nitrogen and oxygen atoms in total. The van der Waals surface area contributed by atoms with Crippen molar-refractivity contribution in [2.24, 2.45) is 0 Å². The number of benzene rings is 9. The van der Waals surface area contributed by atoms with Crippen LogP contribution < -0.4 is 10.1 Å². The van der Waals surface area contributed by atoms with Gasteiger partial charge in [-0.05, 0) is 91.2 Å². The summed E-state index contributed by atoms with van der Waals surface area (Å²) in [5, 5.41) is 1.43. The normalized spacial score (nSPS) is 14.9. The number of aromatic nitrogens is 2. The molecule has 3 aliphatic rings. The number of hydrogen-bond acceptors (Lipinski definition) is 3. The van der Waals surface area contributed by atoms with Gasteiger partial charge in [0.05, 0.1) is 36.0 Å². The van der Waals surface area contributed by atoms with Crippen molar-refractivity contribution in [3.05, 3.63) is 333 Å². The Morgan fingerprint density at radius 3 is 1.02 bits per heavy atom. The summed E-state index contributed by atoms with van der Waals surface area (Å²) in [5.74, 6) is 0. The Morgan fingerprint density at radius 2 is 0.682 bits per heavy atom. The van der Waals surface area contributed by atoms with Crippen LogP contribution in [0.1, 0.15) is 77.9 Å². The molecule has 11 aromatic rings. The van der Waals surface area contributed by atoms with Gasteiger partial charge in [-0.1, -0.05) is 257 Å². The maximum Gasteiger partial charge on any atom is 2.00 e. The quantitative estimate of drug-likeness (QED) is 0.0851. The van der Waals surface area contributed by atoms with Gasteiger partial charge in [-0.2, -0.15) is 0 Å². The minimum Gasteiger partial charge on any atom is -0.308 e. The first-order valence-corrected chi connectivity index (χ1v) is 40.9. The average molecular weight is 1330 g/mol. The van der Waals surface area contributed by atoms with Gasteiger partial charge in [0.1, 0.15) is 0 Å². The van der Waals surface area contributed by atoms with Gasteiger partial charge in [0.25, 0.3) is 0 Å². The Balaban J connectivity index is 0.00000672. The summed E-state index contributed by atoms with van der Waals surface area (Å²) in [6.45, 7) is 22.2. The zero-order valence-corrected chi connectivity index (χ0v) is 55.4. The first-order chi connectivity index (χ1) is 40.5. The van der Waals surface area contributed by atoms with E-state index in [0.717, 1.165) is 45.7 Å². The number of pyridine rings is 2. The third kappa shape index (κ3) is 9.04. The molecule has 0 saturated carbocycles. The molecule has 420 valence electrons. The van der Waals surface area contributed by atoms with E-state index in [1.807, 2.05) is 12.4 Å². The summed E-state index contributed by atoms with van der Waals surface area (Å²) in [6, 6.07) is 98.8. The van der Waals surface area contributed by atoms with Crippen LogP contribution in [0.15, 0.2) is 243 Å². The molecule has 0 amide bonds. The second-order valence-electron chi connectivity index (χ2n) is 27.2. The van der Waals surface area contributed by atoms with E-state index in [9.17, 15) is 0 Å². The van der Waals surface area contributed by atoms with E-state index in [2.05, 4.69) is 306 Å². The number of anilines is 3. The van der Waals surface area contributed by atoms with E-state index < -0.39 is 40.5 Å². The largest absolute Gasteiger partial charge is 2.00 e. The van der Waals surface area contributed by atoms with Crippen LogP contribution >= 0.6 is 0 Å². The van der Waals surface area contributed by atoms with Gasteiger partial charge in [-0.15, -0.1) is 70.8 Å². The van der Waals surface area contributed by atoms with Crippen LogP contribution in [-0.2, 0) is 49.4 Å². The van der Waals surface area contributed by atoms with Crippen LogP contribution in [0.5, 0.6) is 0 Å². The summed E-state index contributed by atoms with van der Waals surface area (Å²) in [7, 11) is -5.02.